The van der Waals surface area contributed by atoms with Crippen LogP contribution >= 0.6 is 11.6 Å². The third-order valence-corrected chi connectivity index (χ3v) is 2.38. The zero-order valence-corrected chi connectivity index (χ0v) is 10.2. The van der Waals surface area contributed by atoms with Gasteiger partial charge in [0.2, 0.25) is 0 Å². The van der Waals surface area contributed by atoms with Crippen LogP contribution in [0.5, 0.6) is 0 Å². The highest BCUT2D eigenvalue weighted by molar-refractivity contribution is 6.30. The van der Waals surface area contributed by atoms with E-state index in [4.69, 9.17) is 11.6 Å². The Morgan fingerprint density at radius 1 is 1.35 bits per heavy atom. The van der Waals surface area contributed by atoms with Crippen molar-refractivity contribution >= 4 is 17.5 Å². The van der Waals surface area contributed by atoms with Gasteiger partial charge in [-0.05, 0) is 18.2 Å². The van der Waals surface area contributed by atoms with E-state index in [0.717, 1.165) is 0 Å². The predicted octanol–water partition coefficient (Wildman–Crippen LogP) is 1.62. The molecule has 0 bridgehead atoms. The van der Waals surface area contributed by atoms with Crippen molar-refractivity contribution in [1.29, 1.82) is 0 Å². The quantitative estimate of drug-likeness (QED) is 0.814. The van der Waals surface area contributed by atoms with Crippen molar-refractivity contribution in [3.05, 3.63) is 41.3 Å². The third kappa shape index (κ3) is 2.45. The van der Waals surface area contributed by atoms with Crippen LogP contribution in [0.3, 0.4) is 0 Å². The lowest BCUT2D eigenvalue weighted by molar-refractivity contribution is 0.0821. The molecule has 0 atom stereocenters. The SMILES string of the molecule is CN(C)C(=O)c1ccn(-c2ccc(Cl)cn2)n1. The van der Waals surface area contributed by atoms with Gasteiger partial charge in [-0.3, -0.25) is 4.79 Å². The summed E-state index contributed by atoms with van der Waals surface area (Å²) in [5.74, 6) is 0.477. The van der Waals surface area contributed by atoms with Gasteiger partial charge in [-0.25, -0.2) is 9.67 Å². The van der Waals surface area contributed by atoms with Crippen LogP contribution in [0.1, 0.15) is 10.5 Å². The molecule has 0 N–H and O–H groups in total. The van der Waals surface area contributed by atoms with E-state index in [-0.39, 0.29) is 5.91 Å². The molecule has 0 aliphatic carbocycles. The Hall–Kier alpha value is -1.88. The number of nitrogens with zero attached hydrogens (tertiary/aromatic N) is 4. The molecule has 0 saturated carbocycles. The maximum Gasteiger partial charge on any atom is 0.273 e. The summed E-state index contributed by atoms with van der Waals surface area (Å²) in [4.78, 5) is 17.2. The van der Waals surface area contributed by atoms with E-state index < -0.39 is 0 Å². The minimum Gasteiger partial charge on any atom is -0.343 e. The van der Waals surface area contributed by atoms with Gasteiger partial charge in [-0.15, -0.1) is 0 Å². The van der Waals surface area contributed by atoms with Crippen LogP contribution in [0.25, 0.3) is 5.82 Å². The standard InChI is InChI=1S/C11H11ClN4O/c1-15(2)11(17)9-5-6-16(14-9)10-4-3-8(12)7-13-10/h3-7H,1-2H3. The molecule has 0 aromatic carbocycles. The second-order valence-corrected chi connectivity index (χ2v) is 4.12. The second-order valence-electron chi connectivity index (χ2n) is 3.68. The Labute approximate surface area is 104 Å². The van der Waals surface area contributed by atoms with E-state index in [1.807, 2.05) is 0 Å². The predicted molar refractivity (Wildman–Crippen MR) is 64.4 cm³/mol. The van der Waals surface area contributed by atoms with Gasteiger partial charge in [-0.2, -0.15) is 5.10 Å². The molecule has 0 radical (unpaired) electrons. The molecule has 0 saturated heterocycles. The van der Waals surface area contributed by atoms with Gasteiger partial charge in [0.1, 0.15) is 0 Å². The molecular weight excluding hydrogens is 240 g/mol. The first-order valence-electron chi connectivity index (χ1n) is 4.97. The van der Waals surface area contributed by atoms with Gasteiger partial charge in [0, 0.05) is 26.5 Å². The molecule has 17 heavy (non-hydrogen) atoms. The largest absolute Gasteiger partial charge is 0.343 e. The lowest BCUT2D eigenvalue weighted by Gasteiger charge is -2.06. The summed E-state index contributed by atoms with van der Waals surface area (Å²) in [7, 11) is 3.36. The first-order valence-corrected chi connectivity index (χ1v) is 5.35. The molecular formula is C11H11ClN4O. The van der Waals surface area contributed by atoms with Gasteiger partial charge in [0.05, 0.1) is 5.02 Å². The monoisotopic (exact) mass is 250 g/mol. The summed E-state index contributed by atoms with van der Waals surface area (Å²) in [5.41, 5.74) is 0.381. The molecule has 88 valence electrons. The van der Waals surface area contributed by atoms with E-state index in [0.29, 0.717) is 16.5 Å². The van der Waals surface area contributed by atoms with Crippen molar-refractivity contribution in [1.82, 2.24) is 19.7 Å². The summed E-state index contributed by atoms with van der Waals surface area (Å²) in [5, 5.41) is 4.71. The van der Waals surface area contributed by atoms with Gasteiger partial charge < -0.3 is 4.90 Å². The number of carbonyl (C=O) groups excluding carboxylic acids is 1. The fourth-order valence-electron chi connectivity index (χ4n) is 1.30. The van der Waals surface area contributed by atoms with E-state index in [9.17, 15) is 4.79 Å². The highest BCUT2D eigenvalue weighted by Crippen LogP contribution is 2.10. The molecule has 5 nitrogen and oxygen atoms in total. The van der Waals surface area contributed by atoms with Crippen LogP contribution in [0, 0.1) is 0 Å². The summed E-state index contributed by atoms with van der Waals surface area (Å²) < 4.78 is 1.53. The zero-order chi connectivity index (χ0) is 12.4. The van der Waals surface area contributed by atoms with Crippen molar-refractivity contribution in [2.75, 3.05) is 14.1 Å². The molecule has 2 aromatic heterocycles. The minimum absolute atomic E-state index is 0.141. The Kier molecular flexibility index (Phi) is 3.10. The summed E-state index contributed by atoms with van der Waals surface area (Å²) in [6, 6.07) is 5.11. The van der Waals surface area contributed by atoms with Crippen molar-refractivity contribution < 1.29 is 4.79 Å². The summed E-state index contributed by atoms with van der Waals surface area (Å²) >= 11 is 5.74. The van der Waals surface area contributed by atoms with Crippen LogP contribution in [0.2, 0.25) is 5.02 Å². The molecule has 2 heterocycles. The number of amides is 1. The van der Waals surface area contributed by atoms with E-state index in [2.05, 4.69) is 10.1 Å². The third-order valence-electron chi connectivity index (χ3n) is 2.16. The van der Waals surface area contributed by atoms with Crippen LogP contribution in [0.4, 0.5) is 0 Å². The second kappa shape index (κ2) is 4.55. The Morgan fingerprint density at radius 2 is 2.12 bits per heavy atom. The number of hydrogen-bond acceptors (Lipinski definition) is 3. The topological polar surface area (TPSA) is 51.0 Å². The van der Waals surface area contributed by atoms with Gasteiger partial charge in [-0.1, -0.05) is 11.6 Å². The van der Waals surface area contributed by atoms with Crippen LogP contribution in [-0.4, -0.2) is 39.7 Å². The number of carbonyl (C=O) groups is 1. The number of halogens is 1. The number of pyridine rings is 1. The van der Waals surface area contributed by atoms with Crippen LogP contribution < -0.4 is 0 Å². The molecule has 0 aliphatic rings. The van der Waals surface area contributed by atoms with Crippen molar-refractivity contribution in [3.63, 3.8) is 0 Å². The van der Waals surface area contributed by atoms with Crippen molar-refractivity contribution in [2.45, 2.75) is 0 Å². The Morgan fingerprint density at radius 3 is 2.71 bits per heavy atom. The highest BCUT2D eigenvalue weighted by Gasteiger charge is 2.12. The van der Waals surface area contributed by atoms with Crippen molar-refractivity contribution in [2.24, 2.45) is 0 Å². The number of rotatable bonds is 2. The summed E-state index contributed by atoms with van der Waals surface area (Å²) in [6.45, 7) is 0. The first kappa shape index (κ1) is 11.6. The molecule has 2 aromatic rings. The maximum atomic E-state index is 11.7. The normalized spacial score (nSPS) is 10.3. The molecule has 2 rings (SSSR count). The van der Waals surface area contributed by atoms with E-state index in [1.54, 1.807) is 38.5 Å². The van der Waals surface area contributed by atoms with E-state index >= 15 is 0 Å². The smallest absolute Gasteiger partial charge is 0.273 e. The number of aromatic nitrogens is 3. The molecule has 0 fully saturated rings. The Balaban J connectivity index is 2.30. The van der Waals surface area contributed by atoms with Crippen LogP contribution in [0.15, 0.2) is 30.6 Å². The number of hydrogen-bond donors (Lipinski definition) is 0. The molecule has 0 aliphatic heterocycles. The van der Waals surface area contributed by atoms with Gasteiger partial charge in [0.25, 0.3) is 5.91 Å². The lowest BCUT2D eigenvalue weighted by Crippen LogP contribution is -2.22. The molecule has 0 unspecified atom stereocenters. The fourth-order valence-corrected chi connectivity index (χ4v) is 1.41. The molecule has 0 spiro atoms. The molecule has 1 amide bonds. The average molecular weight is 251 g/mol. The maximum absolute atomic E-state index is 11.7. The summed E-state index contributed by atoms with van der Waals surface area (Å²) in [6.07, 6.45) is 3.22. The van der Waals surface area contributed by atoms with Gasteiger partial charge >= 0.3 is 0 Å². The van der Waals surface area contributed by atoms with Crippen molar-refractivity contribution in [3.8, 4) is 5.82 Å². The fraction of sp³-hybridized carbons (Fsp3) is 0.182. The molecule has 6 heteroatoms. The zero-order valence-electron chi connectivity index (χ0n) is 9.46. The Bertz CT molecular complexity index is 533. The van der Waals surface area contributed by atoms with Crippen LogP contribution in [-0.2, 0) is 0 Å². The van der Waals surface area contributed by atoms with Gasteiger partial charge in [0.15, 0.2) is 11.5 Å². The minimum atomic E-state index is -0.141. The van der Waals surface area contributed by atoms with E-state index in [1.165, 1.54) is 15.8 Å². The lowest BCUT2D eigenvalue weighted by atomic mass is 10.4. The highest BCUT2D eigenvalue weighted by atomic mass is 35.5. The average Bonchev–Trinajstić information content (AvgIpc) is 2.78. The first-order chi connectivity index (χ1) is 8.08.